The summed E-state index contributed by atoms with van der Waals surface area (Å²) >= 11 is 0. The summed E-state index contributed by atoms with van der Waals surface area (Å²) < 4.78 is 5.69. The average Bonchev–Trinajstić information content (AvgIpc) is 2.43. The van der Waals surface area contributed by atoms with E-state index in [-0.39, 0.29) is 0 Å². The van der Waals surface area contributed by atoms with E-state index in [9.17, 15) is 0 Å². The number of nitrogen functional groups attached to an aromatic ring is 1. The molecule has 1 fully saturated rings. The Morgan fingerprint density at radius 3 is 3.05 bits per heavy atom. The molecule has 2 rings (SSSR count). The molecule has 1 heterocycles. The molecule has 4 heteroatoms. The summed E-state index contributed by atoms with van der Waals surface area (Å²) in [5, 5.41) is 9.09. The van der Waals surface area contributed by atoms with Gasteiger partial charge in [0.25, 0.3) is 0 Å². The van der Waals surface area contributed by atoms with Gasteiger partial charge in [0.2, 0.25) is 0 Å². The first kappa shape index (κ1) is 15.1. The van der Waals surface area contributed by atoms with Crippen molar-refractivity contribution in [3.05, 3.63) is 23.8 Å². The molecular weight excluding hydrogens is 252 g/mol. The first-order valence-electron chi connectivity index (χ1n) is 7.57. The number of likely N-dealkylation sites (tertiary alicyclic amines) is 1. The van der Waals surface area contributed by atoms with Crippen molar-refractivity contribution in [2.24, 2.45) is 5.92 Å². The molecule has 1 unspecified atom stereocenters. The Morgan fingerprint density at radius 1 is 1.45 bits per heavy atom. The van der Waals surface area contributed by atoms with Gasteiger partial charge in [-0.05, 0) is 56.8 Å². The normalized spacial score (nSPS) is 20.0. The van der Waals surface area contributed by atoms with E-state index in [1.807, 2.05) is 25.1 Å². The summed E-state index contributed by atoms with van der Waals surface area (Å²) in [5.41, 5.74) is 7.84. The number of hydrogen-bond donors (Lipinski definition) is 2. The number of hydrogen-bond acceptors (Lipinski definition) is 4. The van der Waals surface area contributed by atoms with E-state index >= 15 is 0 Å². The number of nitrogens with zero attached hydrogens (tertiary/aromatic N) is 1. The lowest BCUT2D eigenvalue weighted by molar-refractivity contribution is 0.141. The van der Waals surface area contributed by atoms with Gasteiger partial charge in [-0.3, -0.25) is 4.90 Å². The van der Waals surface area contributed by atoms with Crippen LogP contribution in [0.4, 0.5) is 5.69 Å². The van der Waals surface area contributed by atoms with Gasteiger partial charge in [0, 0.05) is 30.9 Å². The molecule has 0 bridgehead atoms. The zero-order valence-corrected chi connectivity index (χ0v) is 12.3. The number of piperidine rings is 1. The molecule has 1 atom stereocenters. The Balaban J connectivity index is 2.02. The van der Waals surface area contributed by atoms with Crippen LogP contribution in [-0.2, 0) is 6.54 Å². The second kappa shape index (κ2) is 7.50. The number of aliphatic hydroxyl groups excluding tert-OH is 1. The molecule has 3 N–H and O–H groups in total. The van der Waals surface area contributed by atoms with Gasteiger partial charge in [-0.1, -0.05) is 0 Å². The van der Waals surface area contributed by atoms with Crippen LogP contribution in [0.3, 0.4) is 0 Å². The van der Waals surface area contributed by atoms with Gasteiger partial charge in [0.15, 0.2) is 0 Å². The molecule has 0 aliphatic carbocycles. The van der Waals surface area contributed by atoms with Gasteiger partial charge in [-0.15, -0.1) is 0 Å². The average molecular weight is 278 g/mol. The molecule has 1 saturated heterocycles. The van der Waals surface area contributed by atoms with Crippen LogP contribution >= 0.6 is 0 Å². The van der Waals surface area contributed by atoms with Crippen LogP contribution in [0.2, 0.25) is 0 Å². The van der Waals surface area contributed by atoms with Crippen molar-refractivity contribution in [3.63, 3.8) is 0 Å². The van der Waals surface area contributed by atoms with Crippen molar-refractivity contribution < 1.29 is 9.84 Å². The highest BCUT2D eigenvalue weighted by Crippen LogP contribution is 2.26. The molecule has 0 radical (unpaired) electrons. The lowest BCUT2D eigenvalue weighted by Gasteiger charge is -2.32. The van der Waals surface area contributed by atoms with Crippen molar-refractivity contribution in [3.8, 4) is 5.75 Å². The largest absolute Gasteiger partial charge is 0.494 e. The number of benzene rings is 1. The number of rotatable bonds is 6. The standard InChI is InChI=1S/C16H26N2O2/c1-2-20-16-6-5-15(17)10-14(16)12-18-8-3-4-13(11-18)7-9-19/h5-6,10,13,19H,2-4,7-9,11-12,17H2,1H3. The fraction of sp³-hybridized carbons (Fsp3) is 0.625. The van der Waals surface area contributed by atoms with E-state index in [1.165, 1.54) is 12.8 Å². The van der Waals surface area contributed by atoms with Crippen LogP contribution in [0.5, 0.6) is 5.75 Å². The first-order chi connectivity index (χ1) is 9.72. The molecular formula is C16H26N2O2. The fourth-order valence-electron chi connectivity index (χ4n) is 2.97. The van der Waals surface area contributed by atoms with E-state index in [4.69, 9.17) is 15.6 Å². The maximum atomic E-state index is 9.09. The second-order valence-corrected chi connectivity index (χ2v) is 5.56. The predicted molar refractivity (Wildman–Crippen MR) is 81.7 cm³/mol. The van der Waals surface area contributed by atoms with Crippen LogP contribution < -0.4 is 10.5 Å². The predicted octanol–water partition coefficient (Wildman–Crippen LogP) is 2.26. The van der Waals surface area contributed by atoms with Gasteiger partial charge in [-0.25, -0.2) is 0 Å². The van der Waals surface area contributed by atoms with Crippen LogP contribution in [0.1, 0.15) is 31.7 Å². The van der Waals surface area contributed by atoms with E-state index < -0.39 is 0 Å². The minimum absolute atomic E-state index is 0.293. The van der Waals surface area contributed by atoms with Gasteiger partial charge in [-0.2, -0.15) is 0 Å². The molecule has 1 aromatic rings. The van der Waals surface area contributed by atoms with Crippen molar-refractivity contribution in [1.82, 2.24) is 4.90 Å². The molecule has 0 saturated carbocycles. The molecule has 112 valence electrons. The van der Waals surface area contributed by atoms with E-state index in [1.54, 1.807) is 0 Å². The summed E-state index contributed by atoms with van der Waals surface area (Å²) in [7, 11) is 0. The number of anilines is 1. The van der Waals surface area contributed by atoms with Gasteiger partial charge in [0.1, 0.15) is 5.75 Å². The maximum absolute atomic E-state index is 9.09. The highest BCUT2D eigenvalue weighted by Gasteiger charge is 2.20. The molecule has 1 aromatic carbocycles. The quantitative estimate of drug-likeness (QED) is 0.784. The van der Waals surface area contributed by atoms with E-state index in [2.05, 4.69) is 4.90 Å². The number of aliphatic hydroxyl groups is 1. The number of ether oxygens (including phenoxy) is 1. The summed E-state index contributed by atoms with van der Waals surface area (Å²) in [6.07, 6.45) is 3.34. The van der Waals surface area contributed by atoms with Crippen molar-refractivity contribution in [1.29, 1.82) is 0 Å². The minimum atomic E-state index is 0.293. The third-order valence-corrected chi connectivity index (χ3v) is 3.92. The summed E-state index contributed by atoms with van der Waals surface area (Å²) in [4.78, 5) is 2.45. The topological polar surface area (TPSA) is 58.7 Å². The highest BCUT2D eigenvalue weighted by atomic mass is 16.5. The molecule has 4 nitrogen and oxygen atoms in total. The fourth-order valence-corrected chi connectivity index (χ4v) is 2.97. The molecule has 0 amide bonds. The Bertz CT molecular complexity index is 421. The lowest BCUT2D eigenvalue weighted by Crippen LogP contribution is -2.35. The van der Waals surface area contributed by atoms with Crippen molar-refractivity contribution in [2.45, 2.75) is 32.7 Å². The smallest absolute Gasteiger partial charge is 0.123 e. The Morgan fingerprint density at radius 2 is 2.30 bits per heavy atom. The van der Waals surface area contributed by atoms with E-state index in [0.29, 0.717) is 19.1 Å². The van der Waals surface area contributed by atoms with Gasteiger partial charge in [0.05, 0.1) is 6.61 Å². The molecule has 20 heavy (non-hydrogen) atoms. The van der Waals surface area contributed by atoms with Crippen LogP contribution in [0.15, 0.2) is 18.2 Å². The number of nitrogens with two attached hydrogens (primary N) is 1. The lowest BCUT2D eigenvalue weighted by atomic mass is 9.95. The zero-order chi connectivity index (χ0) is 14.4. The summed E-state index contributed by atoms with van der Waals surface area (Å²) in [5.74, 6) is 1.55. The van der Waals surface area contributed by atoms with Gasteiger partial charge >= 0.3 is 0 Å². The molecule has 0 spiro atoms. The second-order valence-electron chi connectivity index (χ2n) is 5.56. The maximum Gasteiger partial charge on any atom is 0.123 e. The van der Waals surface area contributed by atoms with Crippen LogP contribution in [0.25, 0.3) is 0 Å². The Kier molecular flexibility index (Phi) is 5.68. The minimum Gasteiger partial charge on any atom is -0.494 e. The van der Waals surface area contributed by atoms with Crippen molar-refractivity contribution in [2.75, 3.05) is 32.0 Å². The van der Waals surface area contributed by atoms with E-state index in [0.717, 1.165) is 43.1 Å². The zero-order valence-electron chi connectivity index (χ0n) is 12.3. The summed E-state index contributed by atoms with van der Waals surface area (Å²) in [6, 6.07) is 5.86. The summed E-state index contributed by atoms with van der Waals surface area (Å²) in [6.45, 7) is 6.01. The van der Waals surface area contributed by atoms with Crippen LogP contribution in [0, 0.1) is 5.92 Å². The Hall–Kier alpha value is -1.26. The van der Waals surface area contributed by atoms with Crippen molar-refractivity contribution >= 4 is 5.69 Å². The first-order valence-corrected chi connectivity index (χ1v) is 7.57. The molecule has 0 aromatic heterocycles. The SMILES string of the molecule is CCOc1ccc(N)cc1CN1CCCC(CCO)C1. The molecule has 1 aliphatic heterocycles. The Labute approximate surface area is 121 Å². The van der Waals surface area contributed by atoms with Gasteiger partial charge < -0.3 is 15.6 Å². The van der Waals surface area contributed by atoms with Crippen LogP contribution in [-0.4, -0.2) is 36.3 Å². The third kappa shape index (κ3) is 4.12. The monoisotopic (exact) mass is 278 g/mol. The molecule has 1 aliphatic rings. The highest BCUT2D eigenvalue weighted by molar-refractivity contribution is 5.47. The third-order valence-electron chi connectivity index (χ3n) is 3.92.